The van der Waals surface area contributed by atoms with Crippen LogP contribution < -0.4 is 5.32 Å². The predicted molar refractivity (Wildman–Crippen MR) is 70.9 cm³/mol. The highest BCUT2D eigenvalue weighted by Crippen LogP contribution is 2.07. The number of hydrogen-bond acceptors (Lipinski definition) is 4. The van der Waals surface area contributed by atoms with Crippen molar-refractivity contribution in [3.05, 3.63) is 53.7 Å². The first-order valence-corrected chi connectivity index (χ1v) is 6.06. The molecule has 2 aromatic rings. The lowest BCUT2D eigenvalue weighted by Crippen LogP contribution is -2.17. The fourth-order valence-electron chi connectivity index (χ4n) is 1.88. The van der Waals surface area contributed by atoms with Gasteiger partial charge in [0.05, 0.1) is 18.2 Å². The van der Waals surface area contributed by atoms with E-state index in [1.807, 2.05) is 19.3 Å². The Labute approximate surface area is 108 Å². The quantitative estimate of drug-likeness (QED) is 0.845. The highest BCUT2D eigenvalue weighted by Gasteiger charge is 2.03. The summed E-state index contributed by atoms with van der Waals surface area (Å²) in [6.45, 7) is 2.57. The minimum atomic E-state index is 0.838. The Morgan fingerprint density at radius 1 is 1.22 bits per heavy atom. The van der Waals surface area contributed by atoms with Gasteiger partial charge in [-0.3, -0.25) is 9.88 Å². The largest absolute Gasteiger partial charge is 0.472 e. The van der Waals surface area contributed by atoms with Crippen LogP contribution >= 0.6 is 0 Å². The minimum absolute atomic E-state index is 0.838. The van der Waals surface area contributed by atoms with Crippen LogP contribution in [0.4, 0.5) is 0 Å². The molecule has 0 bridgehead atoms. The van der Waals surface area contributed by atoms with Crippen LogP contribution in [0, 0.1) is 0 Å². The second-order valence-corrected chi connectivity index (χ2v) is 4.49. The lowest BCUT2D eigenvalue weighted by atomic mass is 10.2. The Kier molecular flexibility index (Phi) is 4.50. The zero-order chi connectivity index (χ0) is 12.8. The number of rotatable bonds is 6. The van der Waals surface area contributed by atoms with Crippen LogP contribution in [0.2, 0.25) is 0 Å². The summed E-state index contributed by atoms with van der Waals surface area (Å²) >= 11 is 0. The zero-order valence-electron chi connectivity index (χ0n) is 10.9. The first-order valence-electron chi connectivity index (χ1n) is 6.06. The third-order valence-electron chi connectivity index (χ3n) is 2.73. The SMILES string of the molecule is CNCc1ccc(CN(C)Cc2ccoc2)nc1. The summed E-state index contributed by atoms with van der Waals surface area (Å²) in [6.07, 6.45) is 5.41. The summed E-state index contributed by atoms with van der Waals surface area (Å²) in [5.74, 6) is 0. The fraction of sp³-hybridized carbons (Fsp3) is 0.357. The molecular formula is C14H19N3O. The molecule has 0 aliphatic heterocycles. The molecular weight excluding hydrogens is 226 g/mol. The third-order valence-corrected chi connectivity index (χ3v) is 2.73. The van der Waals surface area contributed by atoms with Crippen molar-refractivity contribution >= 4 is 0 Å². The van der Waals surface area contributed by atoms with E-state index in [1.165, 1.54) is 11.1 Å². The lowest BCUT2D eigenvalue weighted by molar-refractivity contribution is 0.314. The van der Waals surface area contributed by atoms with Gasteiger partial charge in [0.1, 0.15) is 0 Å². The van der Waals surface area contributed by atoms with Gasteiger partial charge in [-0.15, -0.1) is 0 Å². The van der Waals surface area contributed by atoms with E-state index in [1.54, 1.807) is 12.5 Å². The fourth-order valence-corrected chi connectivity index (χ4v) is 1.88. The van der Waals surface area contributed by atoms with Crippen molar-refractivity contribution in [2.24, 2.45) is 0 Å². The van der Waals surface area contributed by atoms with Crippen molar-refractivity contribution in [2.45, 2.75) is 19.6 Å². The summed E-state index contributed by atoms with van der Waals surface area (Å²) in [7, 11) is 4.02. The smallest absolute Gasteiger partial charge is 0.0947 e. The van der Waals surface area contributed by atoms with Gasteiger partial charge >= 0.3 is 0 Å². The van der Waals surface area contributed by atoms with E-state index in [2.05, 4.69) is 34.4 Å². The van der Waals surface area contributed by atoms with E-state index < -0.39 is 0 Å². The Morgan fingerprint density at radius 3 is 2.72 bits per heavy atom. The number of furan rings is 1. The van der Waals surface area contributed by atoms with Gasteiger partial charge in [0.2, 0.25) is 0 Å². The van der Waals surface area contributed by atoms with Crippen LogP contribution in [-0.4, -0.2) is 24.0 Å². The van der Waals surface area contributed by atoms with E-state index in [0.717, 1.165) is 25.3 Å². The normalized spacial score (nSPS) is 11.1. The summed E-state index contributed by atoms with van der Waals surface area (Å²) < 4.78 is 5.06. The summed E-state index contributed by atoms with van der Waals surface area (Å²) in [5.41, 5.74) is 3.48. The molecule has 0 aliphatic rings. The van der Waals surface area contributed by atoms with Gasteiger partial charge in [-0.2, -0.15) is 0 Å². The maximum Gasteiger partial charge on any atom is 0.0947 e. The molecule has 0 aliphatic carbocycles. The standard InChI is InChI=1S/C14H19N3O/c1-15-7-12-3-4-14(16-8-12)10-17(2)9-13-5-6-18-11-13/h3-6,8,11,15H,7,9-10H2,1-2H3. The van der Waals surface area contributed by atoms with E-state index >= 15 is 0 Å². The molecule has 2 aromatic heterocycles. The molecule has 4 nitrogen and oxygen atoms in total. The molecule has 0 saturated carbocycles. The molecule has 0 spiro atoms. The number of aromatic nitrogens is 1. The Balaban J connectivity index is 1.88. The Morgan fingerprint density at radius 2 is 2.11 bits per heavy atom. The van der Waals surface area contributed by atoms with Gasteiger partial charge in [-0.1, -0.05) is 6.07 Å². The van der Waals surface area contributed by atoms with Crippen molar-refractivity contribution < 1.29 is 4.42 Å². The topological polar surface area (TPSA) is 41.3 Å². The van der Waals surface area contributed by atoms with Crippen LogP contribution in [0.25, 0.3) is 0 Å². The second kappa shape index (κ2) is 6.33. The van der Waals surface area contributed by atoms with Crippen LogP contribution in [0.1, 0.15) is 16.8 Å². The maximum atomic E-state index is 5.06. The average Bonchev–Trinajstić information content (AvgIpc) is 2.84. The average molecular weight is 245 g/mol. The molecule has 2 rings (SSSR count). The van der Waals surface area contributed by atoms with Gasteiger partial charge in [0.15, 0.2) is 0 Å². The van der Waals surface area contributed by atoms with Gasteiger partial charge in [0, 0.05) is 31.4 Å². The van der Waals surface area contributed by atoms with Crippen molar-refractivity contribution in [1.29, 1.82) is 0 Å². The predicted octanol–water partition coefficient (Wildman–Crippen LogP) is 2.03. The number of nitrogens with one attached hydrogen (secondary N) is 1. The van der Waals surface area contributed by atoms with Crippen molar-refractivity contribution in [3.63, 3.8) is 0 Å². The van der Waals surface area contributed by atoms with Gasteiger partial charge in [-0.25, -0.2) is 0 Å². The molecule has 0 radical (unpaired) electrons. The maximum absolute atomic E-state index is 5.06. The lowest BCUT2D eigenvalue weighted by Gasteiger charge is -2.15. The van der Waals surface area contributed by atoms with Gasteiger partial charge in [-0.05, 0) is 31.8 Å². The van der Waals surface area contributed by atoms with Crippen molar-refractivity contribution in [3.8, 4) is 0 Å². The van der Waals surface area contributed by atoms with Crippen LogP contribution in [-0.2, 0) is 19.6 Å². The molecule has 0 amide bonds. The highest BCUT2D eigenvalue weighted by atomic mass is 16.3. The van der Waals surface area contributed by atoms with Crippen LogP contribution in [0.15, 0.2) is 41.3 Å². The molecule has 18 heavy (non-hydrogen) atoms. The molecule has 1 N–H and O–H groups in total. The summed E-state index contributed by atoms with van der Waals surface area (Å²) in [5, 5.41) is 3.11. The van der Waals surface area contributed by atoms with Gasteiger partial charge in [0.25, 0.3) is 0 Å². The van der Waals surface area contributed by atoms with E-state index in [0.29, 0.717) is 0 Å². The zero-order valence-corrected chi connectivity index (χ0v) is 10.9. The highest BCUT2D eigenvalue weighted by molar-refractivity contribution is 5.14. The van der Waals surface area contributed by atoms with Gasteiger partial charge < -0.3 is 9.73 Å². The molecule has 2 heterocycles. The molecule has 0 fully saturated rings. The summed E-state index contributed by atoms with van der Waals surface area (Å²) in [6, 6.07) is 6.18. The third kappa shape index (κ3) is 3.68. The molecule has 0 unspecified atom stereocenters. The minimum Gasteiger partial charge on any atom is -0.472 e. The monoisotopic (exact) mass is 245 g/mol. The first kappa shape index (κ1) is 12.8. The van der Waals surface area contributed by atoms with Crippen LogP contribution in [0.3, 0.4) is 0 Å². The second-order valence-electron chi connectivity index (χ2n) is 4.49. The summed E-state index contributed by atoms with van der Waals surface area (Å²) in [4.78, 5) is 6.67. The van der Waals surface area contributed by atoms with E-state index in [4.69, 9.17) is 4.42 Å². The Hall–Kier alpha value is -1.65. The molecule has 0 saturated heterocycles. The molecule has 0 atom stereocenters. The van der Waals surface area contributed by atoms with Crippen molar-refractivity contribution in [2.75, 3.05) is 14.1 Å². The van der Waals surface area contributed by atoms with E-state index in [9.17, 15) is 0 Å². The molecule has 4 heteroatoms. The van der Waals surface area contributed by atoms with Crippen molar-refractivity contribution in [1.82, 2.24) is 15.2 Å². The van der Waals surface area contributed by atoms with Crippen LogP contribution in [0.5, 0.6) is 0 Å². The number of pyridine rings is 1. The molecule has 0 aromatic carbocycles. The Bertz CT molecular complexity index is 450. The number of hydrogen-bond donors (Lipinski definition) is 1. The first-order chi connectivity index (χ1) is 8.78. The molecule has 96 valence electrons. The van der Waals surface area contributed by atoms with E-state index in [-0.39, 0.29) is 0 Å². The number of nitrogens with zero attached hydrogens (tertiary/aromatic N) is 2.